The summed E-state index contributed by atoms with van der Waals surface area (Å²) in [6.45, 7) is 3.65. The van der Waals surface area contributed by atoms with Crippen molar-refractivity contribution in [1.82, 2.24) is 4.72 Å². The molecule has 2 rings (SSSR count). The lowest BCUT2D eigenvalue weighted by atomic mass is 10.2. The predicted molar refractivity (Wildman–Crippen MR) is 90.5 cm³/mol. The van der Waals surface area contributed by atoms with E-state index in [9.17, 15) is 21.6 Å². The van der Waals surface area contributed by atoms with Crippen LogP contribution in [0.5, 0.6) is 0 Å². The number of aryl methyl sites for hydroxylation is 2. The first kappa shape index (κ1) is 20.6. The van der Waals surface area contributed by atoms with Gasteiger partial charge in [0.15, 0.2) is 0 Å². The van der Waals surface area contributed by atoms with Gasteiger partial charge in [0.1, 0.15) is 0 Å². The van der Waals surface area contributed by atoms with Gasteiger partial charge in [-0.1, -0.05) is 35.4 Å². The van der Waals surface area contributed by atoms with Crippen molar-refractivity contribution in [2.24, 2.45) is 0 Å². The molecule has 1 amide bonds. The van der Waals surface area contributed by atoms with E-state index in [4.69, 9.17) is 9.66 Å². The summed E-state index contributed by atoms with van der Waals surface area (Å²) in [5, 5.41) is 8.27. The highest BCUT2D eigenvalue weighted by Crippen LogP contribution is 2.09. The van der Waals surface area contributed by atoms with E-state index in [1.54, 1.807) is 31.2 Å². The van der Waals surface area contributed by atoms with Crippen molar-refractivity contribution >= 4 is 26.2 Å². The maximum atomic E-state index is 11.3. The Morgan fingerprint density at radius 2 is 1.16 bits per heavy atom. The van der Waals surface area contributed by atoms with Crippen LogP contribution in [-0.4, -0.2) is 32.6 Å². The first-order chi connectivity index (χ1) is 11.4. The van der Waals surface area contributed by atoms with E-state index in [0.717, 1.165) is 11.1 Å². The maximum Gasteiger partial charge on any atom is 0.418 e. The largest absolute Gasteiger partial charge is 0.464 e. The van der Waals surface area contributed by atoms with Gasteiger partial charge >= 0.3 is 6.09 Å². The number of carboxylic acid groups (broad SMARTS) is 1. The minimum atomic E-state index is -4.02. The van der Waals surface area contributed by atoms with Crippen molar-refractivity contribution in [2.75, 3.05) is 0 Å². The van der Waals surface area contributed by atoms with Gasteiger partial charge in [-0.15, -0.1) is 0 Å². The standard InChI is InChI=1S/C8H9NO4S.C7H8O3S/c1-6-2-4-7(5-3-6)14(12,13)9-8(10)11;1-6-2-4-7(5-3-6)11(8,9)10/h2-5,9H,1H3,(H,10,11);2-5H,1H3,(H,8,9,10). The number of carbonyl (C=O) groups is 1. The van der Waals surface area contributed by atoms with Crippen molar-refractivity contribution in [3.63, 3.8) is 0 Å². The molecule has 0 spiro atoms. The summed E-state index contributed by atoms with van der Waals surface area (Å²) in [5.41, 5.74) is 1.86. The lowest BCUT2D eigenvalue weighted by Gasteiger charge is -2.03. The zero-order valence-corrected chi connectivity index (χ0v) is 15.0. The van der Waals surface area contributed by atoms with E-state index in [1.165, 1.54) is 29.0 Å². The molecule has 0 atom stereocenters. The molecule has 3 N–H and O–H groups in total. The van der Waals surface area contributed by atoms with Crippen LogP contribution in [-0.2, 0) is 20.1 Å². The third-order valence-electron chi connectivity index (χ3n) is 2.87. The monoisotopic (exact) mass is 387 g/mol. The Balaban J connectivity index is 0.000000257. The Labute approximate surface area is 145 Å². The molecule has 0 saturated heterocycles. The van der Waals surface area contributed by atoms with Gasteiger partial charge in [-0.25, -0.2) is 17.9 Å². The average Bonchev–Trinajstić information content (AvgIpc) is 2.46. The van der Waals surface area contributed by atoms with Crippen LogP contribution in [0.4, 0.5) is 4.79 Å². The van der Waals surface area contributed by atoms with Crippen LogP contribution >= 0.6 is 0 Å². The summed E-state index contributed by atoms with van der Waals surface area (Å²) in [7, 11) is -7.95. The van der Waals surface area contributed by atoms with Gasteiger partial charge in [-0.3, -0.25) is 4.55 Å². The van der Waals surface area contributed by atoms with E-state index < -0.39 is 26.2 Å². The Morgan fingerprint density at radius 3 is 1.48 bits per heavy atom. The summed E-state index contributed by atoms with van der Waals surface area (Å²) in [6, 6.07) is 11.9. The van der Waals surface area contributed by atoms with Gasteiger partial charge in [-0.05, 0) is 38.1 Å². The second-order valence-electron chi connectivity index (χ2n) is 5.01. The van der Waals surface area contributed by atoms with Crippen LogP contribution in [0.1, 0.15) is 11.1 Å². The van der Waals surface area contributed by atoms with Gasteiger partial charge in [0.2, 0.25) is 0 Å². The molecule has 0 saturated carbocycles. The molecule has 25 heavy (non-hydrogen) atoms. The van der Waals surface area contributed by atoms with E-state index >= 15 is 0 Å². The minimum absolute atomic E-state index is 0.0644. The van der Waals surface area contributed by atoms with Crippen LogP contribution < -0.4 is 4.72 Å². The van der Waals surface area contributed by atoms with Crippen molar-refractivity contribution in [3.8, 4) is 0 Å². The van der Waals surface area contributed by atoms with E-state index in [1.807, 2.05) is 6.92 Å². The Bertz CT molecular complexity index is 932. The fourth-order valence-corrected chi connectivity index (χ4v) is 2.92. The van der Waals surface area contributed by atoms with Crippen LogP contribution in [0, 0.1) is 13.8 Å². The van der Waals surface area contributed by atoms with Crippen molar-refractivity contribution in [2.45, 2.75) is 23.6 Å². The predicted octanol–water partition coefficient (Wildman–Crippen LogP) is 2.19. The lowest BCUT2D eigenvalue weighted by molar-refractivity contribution is 0.201. The molecule has 0 radical (unpaired) electrons. The van der Waals surface area contributed by atoms with E-state index in [-0.39, 0.29) is 9.79 Å². The normalized spacial score (nSPS) is 11.2. The minimum Gasteiger partial charge on any atom is -0.464 e. The quantitative estimate of drug-likeness (QED) is 0.686. The maximum absolute atomic E-state index is 11.3. The summed E-state index contributed by atoms with van der Waals surface area (Å²) >= 11 is 0. The zero-order chi connectivity index (χ0) is 19.3. The summed E-state index contributed by atoms with van der Waals surface area (Å²) < 4.78 is 53.5. The van der Waals surface area contributed by atoms with Crippen molar-refractivity contribution < 1.29 is 31.3 Å². The van der Waals surface area contributed by atoms with Gasteiger partial charge < -0.3 is 5.11 Å². The molecule has 0 bridgehead atoms. The highest BCUT2D eigenvalue weighted by molar-refractivity contribution is 7.90. The molecule has 136 valence electrons. The third kappa shape index (κ3) is 6.91. The molecular formula is C15H17NO7S2. The van der Waals surface area contributed by atoms with Crippen LogP contribution in [0.2, 0.25) is 0 Å². The van der Waals surface area contributed by atoms with Crippen LogP contribution in [0.15, 0.2) is 58.3 Å². The second-order valence-corrected chi connectivity index (χ2v) is 8.12. The summed E-state index contributed by atoms with van der Waals surface area (Å²) in [5.74, 6) is 0. The van der Waals surface area contributed by atoms with Gasteiger partial charge in [-0.2, -0.15) is 8.42 Å². The van der Waals surface area contributed by atoms with Crippen molar-refractivity contribution in [1.29, 1.82) is 0 Å². The first-order valence-electron chi connectivity index (χ1n) is 6.78. The SMILES string of the molecule is Cc1ccc(S(=O)(=O)NC(=O)O)cc1.Cc1ccc(S(=O)(=O)O)cc1. The number of benzene rings is 2. The topological polar surface area (TPSA) is 138 Å². The molecule has 0 aliphatic heterocycles. The lowest BCUT2D eigenvalue weighted by Crippen LogP contribution is -2.28. The number of nitrogens with one attached hydrogen (secondary N) is 1. The highest BCUT2D eigenvalue weighted by Gasteiger charge is 2.15. The molecule has 2 aromatic rings. The molecule has 0 aliphatic carbocycles. The number of sulfonamides is 1. The Hall–Kier alpha value is -2.43. The molecule has 0 heterocycles. The molecule has 0 fully saturated rings. The summed E-state index contributed by atoms with van der Waals surface area (Å²) in [4.78, 5) is 10.0. The third-order valence-corrected chi connectivity index (χ3v) is 5.08. The number of hydrogen-bond acceptors (Lipinski definition) is 5. The van der Waals surface area contributed by atoms with Gasteiger partial charge in [0, 0.05) is 0 Å². The number of rotatable bonds is 3. The molecule has 10 heteroatoms. The molecule has 2 aromatic carbocycles. The molecule has 0 unspecified atom stereocenters. The van der Waals surface area contributed by atoms with Gasteiger partial charge in [0.05, 0.1) is 9.79 Å². The molecule has 0 aromatic heterocycles. The van der Waals surface area contributed by atoms with Crippen LogP contribution in [0.25, 0.3) is 0 Å². The molecule has 0 aliphatic rings. The van der Waals surface area contributed by atoms with E-state index in [2.05, 4.69) is 0 Å². The fraction of sp³-hybridized carbons (Fsp3) is 0.133. The fourth-order valence-electron chi connectivity index (χ4n) is 1.60. The van der Waals surface area contributed by atoms with E-state index in [0.29, 0.717) is 0 Å². The van der Waals surface area contributed by atoms with Crippen LogP contribution in [0.3, 0.4) is 0 Å². The Morgan fingerprint density at radius 1 is 0.800 bits per heavy atom. The second kappa shape index (κ2) is 8.10. The Kier molecular flexibility index (Phi) is 6.68. The zero-order valence-electron chi connectivity index (χ0n) is 13.4. The smallest absolute Gasteiger partial charge is 0.418 e. The number of hydrogen-bond donors (Lipinski definition) is 3. The average molecular weight is 387 g/mol. The molecule has 8 nitrogen and oxygen atoms in total. The first-order valence-corrected chi connectivity index (χ1v) is 9.71. The number of amides is 1. The molecular weight excluding hydrogens is 370 g/mol. The van der Waals surface area contributed by atoms with Crippen molar-refractivity contribution in [3.05, 3.63) is 59.7 Å². The highest BCUT2D eigenvalue weighted by atomic mass is 32.2. The van der Waals surface area contributed by atoms with Gasteiger partial charge in [0.25, 0.3) is 20.1 Å². The summed E-state index contributed by atoms with van der Waals surface area (Å²) in [6.07, 6.45) is -1.59.